The molecule has 0 unspecified atom stereocenters. The first-order valence-electron chi connectivity index (χ1n) is 7.52. The van der Waals surface area contributed by atoms with Gasteiger partial charge in [-0.05, 0) is 37.6 Å². The maximum absolute atomic E-state index is 13.6. The van der Waals surface area contributed by atoms with Gasteiger partial charge in [0, 0.05) is 24.1 Å². The number of rotatable bonds is 5. The molecule has 132 valence electrons. The van der Waals surface area contributed by atoms with Gasteiger partial charge in [-0.1, -0.05) is 0 Å². The molecule has 2 rings (SSSR count). The van der Waals surface area contributed by atoms with Gasteiger partial charge in [0.05, 0.1) is 25.6 Å². The molecule has 0 saturated carbocycles. The van der Waals surface area contributed by atoms with Crippen LogP contribution >= 0.6 is 0 Å². The standard InChI is InChI=1S/C17H20F3NO3/c1-10(2)24-16(22)8-14(17(18,19)20)13-9-21(3)15-6-5-11(23-4)7-12(13)15/h5-7,9-10,14H,8H2,1-4H3/t14-/m0/s1. The van der Waals surface area contributed by atoms with Gasteiger partial charge in [0.1, 0.15) is 5.75 Å². The molecule has 0 bridgehead atoms. The number of carbonyl (C=O) groups excluding carboxylic acids is 1. The fourth-order valence-corrected chi connectivity index (χ4v) is 2.69. The maximum Gasteiger partial charge on any atom is 0.396 e. The van der Waals surface area contributed by atoms with Gasteiger partial charge >= 0.3 is 12.1 Å². The highest BCUT2D eigenvalue weighted by molar-refractivity contribution is 5.86. The lowest BCUT2D eigenvalue weighted by molar-refractivity contribution is -0.168. The third-order valence-corrected chi connectivity index (χ3v) is 3.74. The molecule has 1 atom stereocenters. The van der Waals surface area contributed by atoms with Crippen LogP contribution < -0.4 is 4.74 Å². The quantitative estimate of drug-likeness (QED) is 0.765. The molecule has 4 nitrogen and oxygen atoms in total. The van der Waals surface area contributed by atoms with E-state index in [-0.39, 0.29) is 5.56 Å². The SMILES string of the molecule is COc1ccc2c(c1)c([C@H](CC(=O)OC(C)C)C(F)(F)F)cn2C. The summed E-state index contributed by atoms with van der Waals surface area (Å²) in [5.74, 6) is -2.34. The van der Waals surface area contributed by atoms with E-state index in [9.17, 15) is 18.0 Å². The van der Waals surface area contributed by atoms with Crippen molar-refractivity contribution in [2.75, 3.05) is 7.11 Å². The van der Waals surface area contributed by atoms with Crippen molar-refractivity contribution in [3.63, 3.8) is 0 Å². The van der Waals surface area contributed by atoms with Crippen LogP contribution in [0.4, 0.5) is 13.2 Å². The lowest BCUT2D eigenvalue weighted by Gasteiger charge is -2.20. The third kappa shape index (κ3) is 3.83. The van der Waals surface area contributed by atoms with E-state index in [2.05, 4.69) is 0 Å². The zero-order chi connectivity index (χ0) is 18.1. The molecule has 0 saturated heterocycles. The van der Waals surface area contributed by atoms with Gasteiger partial charge in [0.25, 0.3) is 0 Å². The summed E-state index contributed by atoms with van der Waals surface area (Å²) in [5.41, 5.74) is 0.678. The van der Waals surface area contributed by atoms with Gasteiger partial charge < -0.3 is 14.0 Å². The number of hydrogen-bond acceptors (Lipinski definition) is 3. The Labute approximate surface area is 138 Å². The number of esters is 1. The molecule has 1 aromatic heterocycles. The Morgan fingerprint density at radius 1 is 1.29 bits per heavy atom. The summed E-state index contributed by atoms with van der Waals surface area (Å²) in [4.78, 5) is 11.8. The van der Waals surface area contributed by atoms with Crippen molar-refractivity contribution in [2.45, 2.75) is 38.5 Å². The summed E-state index contributed by atoms with van der Waals surface area (Å²) in [5, 5.41) is 0.413. The largest absolute Gasteiger partial charge is 0.497 e. The number of methoxy groups -OCH3 is 1. The van der Waals surface area contributed by atoms with Crippen LogP contribution in [-0.2, 0) is 16.6 Å². The topological polar surface area (TPSA) is 40.5 Å². The van der Waals surface area contributed by atoms with Crippen molar-refractivity contribution in [1.82, 2.24) is 4.57 Å². The van der Waals surface area contributed by atoms with Crippen LogP contribution in [0.3, 0.4) is 0 Å². The zero-order valence-corrected chi connectivity index (χ0v) is 14.0. The van der Waals surface area contributed by atoms with Crippen LogP contribution in [0.25, 0.3) is 10.9 Å². The molecule has 1 heterocycles. The van der Waals surface area contributed by atoms with Crippen LogP contribution in [0, 0.1) is 0 Å². The minimum Gasteiger partial charge on any atom is -0.497 e. The fourth-order valence-electron chi connectivity index (χ4n) is 2.69. The van der Waals surface area contributed by atoms with Gasteiger partial charge in [-0.3, -0.25) is 4.79 Å². The highest BCUT2D eigenvalue weighted by Crippen LogP contribution is 2.42. The third-order valence-electron chi connectivity index (χ3n) is 3.74. The van der Waals surface area contributed by atoms with E-state index in [4.69, 9.17) is 9.47 Å². The second kappa shape index (κ2) is 6.75. The summed E-state index contributed by atoms with van der Waals surface area (Å²) < 4.78 is 52.3. The number of hydrogen-bond donors (Lipinski definition) is 0. The number of ether oxygens (including phenoxy) is 2. The van der Waals surface area contributed by atoms with Gasteiger partial charge in [0.15, 0.2) is 0 Å². The van der Waals surface area contributed by atoms with Gasteiger partial charge in [-0.25, -0.2) is 0 Å². The Kier molecular flexibility index (Phi) is 5.11. The van der Waals surface area contributed by atoms with Crippen LogP contribution in [0.5, 0.6) is 5.75 Å². The Morgan fingerprint density at radius 2 is 1.96 bits per heavy atom. The molecule has 0 aliphatic heterocycles. The second-order valence-corrected chi connectivity index (χ2v) is 5.92. The number of nitrogens with zero attached hydrogens (tertiary/aromatic N) is 1. The summed E-state index contributed by atoms with van der Waals surface area (Å²) in [7, 11) is 3.11. The number of aryl methyl sites for hydroxylation is 1. The minimum atomic E-state index is -4.56. The van der Waals surface area contributed by atoms with E-state index in [1.54, 1.807) is 43.7 Å². The number of carbonyl (C=O) groups is 1. The summed E-state index contributed by atoms with van der Waals surface area (Å²) >= 11 is 0. The van der Waals surface area contributed by atoms with Gasteiger partial charge in [0.2, 0.25) is 0 Å². The predicted octanol–water partition coefficient (Wildman–Crippen LogP) is 4.17. The molecule has 0 amide bonds. The Balaban J connectivity index is 2.50. The van der Waals surface area contributed by atoms with Crippen LogP contribution in [0.2, 0.25) is 0 Å². The molecule has 0 aliphatic rings. The number of alkyl halides is 3. The average molecular weight is 343 g/mol. The van der Waals surface area contributed by atoms with Gasteiger partial charge in [-0.2, -0.15) is 13.2 Å². The lowest BCUT2D eigenvalue weighted by Crippen LogP contribution is -2.25. The first kappa shape index (κ1) is 18.2. The highest BCUT2D eigenvalue weighted by Gasteiger charge is 2.43. The molecule has 0 fully saturated rings. The number of fused-ring (bicyclic) bond motifs is 1. The smallest absolute Gasteiger partial charge is 0.396 e. The minimum absolute atomic E-state index is 0.0413. The van der Waals surface area contributed by atoms with Gasteiger partial charge in [-0.15, -0.1) is 0 Å². The molecule has 0 spiro atoms. The van der Waals surface area contributed by atoms with Crippen LogP contribution in [0.1, 0.15) is 31.7 Å². The summed E-state index contributed by atoms with van der Waals surface area (Å²) in [6.07, 6.45) is -4.37. The molecular weight excluding hydrogens is 323 g/mol. The number of halogens is 3. The molecule has 0 aliphatic carbocycles. The molecular formula is C17H20F3NO3. The number of benzene rings is 1. The maximum atomic E-state index is 13.6. The molecule has 2 aromatic rings. The van der Waals surface area contributed by atoms with Crippen molar-refractivity contribution in [2.24, 2.45) is 7.05 Å². The Morgan fingerprint density at radius 3 is 2.50 bits per heavy atom. The normalized spacial score (nSPS) is 13.3. The molecule has 0 radical (unpaired) electrons. The van der Waals surface area contributed by atoms with E-state index in [0.717, 1.165) is 0 Å². The lowest BCUT2D eigenvalue weighted by atomic mass is 9.94. The predicted molar refractivity (Wildman–Crippen MR) is 84.1 cm³/mol. The fraction of sp³-hybridized carbons (Fsp3) is 0.471. The zero-order valence-electron chi connectivity index (χ0n) is 14.0. The van der Waals surface area contributed by atoms with E-state index >= 15 is 0 Å². The van der Waals surface area contributed by atoms with E-state index < -0.39 is 30.6 Å². The first-order chi connectivity index (χ1) is 11.1. The van der Waals surface area contributed by atoms with Crippen molar-refractivity contribution in [1.29, 1.82) is 0 Å². The average Bonchev–Trinajstić information content (AvgIpc) is 2.79. The van der Waals surface area contributed by atoms with Crippen molar-refractivity contribution >= 4 is 16.9 Å². The molecule has 0 N–H and O–H groups in total. The second-order valence-electron chi connectivity index (χ2n) is 5.92. The van der Waals surface area contributed by atoms with Crippen molar-refractivity contribution < 1.29 is 27.4 Å². The number of aromatic nitrogens is 1. The molecule has 1 aromatic carbocycles. The van der Waals surface area contributed by atoms with Crippen molar-refractivity contribution in [3.8, 4) is 5.75 Å². The highest BCUT2D eigenvalue weighted by atomic mass is 19.4. The Bertz CT molecular complexity index is 734. The molecule has 7 heteroatoms. The summed E-state index contributed by atoms with van der Waals surface area (Å²) in [6.45, 7) is 3.20. The van der Waals surface area contributed by atoms with Crippen molar-refractivity contribution in [3.05, 3.63) is 30.0 Å². The molecule has 24 heavy (non-hydrogen) atoms. The van der Waals surface area contributed by atoms with Crippen LogP contribution in [0.15, 0.2) is 24.4 Å². The van der Waals surface area contributed by atoms with E-state index in [0.29, 0.717) is 16.7 Å². The monoisotopic (exact) mass is 343 g/mol. The van der Waals surface area contributed by atoms with Crippen LogP contribution in [-0.4, -0.2) is 29.9 Å². The summed E-state index contributed by atoms with van der Waals surface area (Å²) in [6, 6.07) is 4.93. The Hall–Kier alpha value is -2.18. The van der Waals surface area contributed by atoms with E-state index in [1.807, 2.05) is 0 Å². The van der Waals surface area contributed by atoms with E-state index in [1.165, 1.54) is 13.3 Å². The first-order valence-corrected chi connectivity index (χ1v) is 7.52.